The Labute approximate surface area is 345 Å². The van der Waals surface area contributed by atoms with Gasteiger partial charge in [-0.15, -0.1) is 0 Å². The van der Waals surface area contributed by atoms with Crippen LogP contribution in [0.25, 0.3) is 121 Å². The van der Waals surface area contributed by atoms with Crippen molar-refractivity contribution >= 4 is 64.6 Å². The van der Waals surface area contributed by atoms with Crippen LogP contribution in [0.4, 0.5) is 0 Å². The highest BCUT2D eigenvalue weighted by Gasteiger charge is 2.20. The molecule has 0 N–H and O–H groups in total. The Morgan fingerprint density at radius 3 is 1.45 bits per heavy atom. The van der Waals surface area contributed by atoms with E-state index in [0.29, 0.717) is 23.0 Å². The quantitative estimate of drug-likeness (QED) is 0.164. The molecule has 1 aromatic heterocycles. The molecule has 0 radical (unpaired) electrons. The molecule has 12 aromatic rings. The molecule has 0 bridgehead atoms. The van der Waals surface area contributed by atoms with E-state index in [1.54, 1.807) is 0 Å². The first kappa shape index (κ1) is 33.8. The first-order valence-electron chi connectivity index (χ1n) is 20.2. The van der Waals surface area contributed by atoms with Crippen molar-refractivity contribution < 1.29 is 0 Å². The van der Waals surface area contributed by atoms with Gasteiger partial charge in [0.05, 0.1) is 11.6 Å². The summed E-state index contributed by atoms with van der Waals surface area (Å²) in [5.74, 6) is 1.78. The van der Waals surface area contributed by atoms with Crippen LogP contribution in [0.3, 0.4) is 0 Å². The maximum absolute atomic E-state index is 9.43. The second-order valence-electron chi connectivity index (χ2n) is 15.5. The zero-order chi connectivity index (χ0) is 39.7. The van der Waals surface area contributed by atoms with Crippen molar-refractivity contribution in [3.05, 3.63) is 200 Å². The summed E-state index contributed by atoms with van der Waals surface area (Å²) < 4.78 is 0. The van der Waals surface area contributed by atoms with E-state index < -0.39 is 0 Å². The second-order valence-corrected chi connectivity index (χ2v) is 15.5. The standard InChI is InChI=1S/C56H32N4/c57-33-34-22-24-35(25-23-34)40-15-6-16-42(30-40)54-58-55(60-56(59-54)48-18-5-4-17-44(48)36-10-2-1-3-11-36)43-31-41-29-28-39-13-8-20-46-45-19-7-12-37-26-27-38-14-9-21-47(52(38)50(37)45)49(32-43)53(41)51(39)46/h1-32H. The fraction of sp³-hybridized carbons (Fsp3) is 0. The van der Waals surface area contributed by atoms with Gasteiger partial charge >= 0.3 is 0 Å². The molecule has 0 atom stereocenters. The van der Waals surface area contributed by atoms with Crippen LogP contribution in [0.5, 0.6) is 0 Å². The van der Waals surface area contributed by atoms with Gasteiger partial charge in [0.1, 0.15) is 0 Å². The third kappa shape index (κ3) is 5.34. The molecule has 0 saturated carbocycles. The number of hydrogen-bond donors (Lipinski definition) is 0. The van der Waals surface area contributed by atoms with Crippen molar-refractivity contribution in [1.29, 1.82) is 5.26 Å². The fourth-order valence-corrected chi connectivity index (χ4v) is 9.29. The van der Waals surface area contributed by atoms with Crippen LogP contribution in [-0.2, 0) is 0 Å². The van der Waals surface area contributed by atoms with Crippen molar-refractivity contribution in [3.8, 4) is 62.5 Å². The fourth-order valence-electron chi connectivity index (χ4n) is 9.29. The minimum Gasteiger partial charge on any atom is -0.208 e. The van der Waals surface area contributed by atoms with Gasteiger partial charge in [-0.2, -0.15) is 5.26 Å². The third-order valence-electron chi connectivity index (χ3n) is 12.0. The largest absolute Gasteiger partial charge is 0.208 e. The summed E-state index contributed by atoms with van der Waals surface area (Å²) in [6.45, 7) is 0. The third-order valence-corrected chi connectivity index (χ3v) is 12.0. The molecule has 0 aliphatic heterocycles. The van der Waals surface area contributed by atoms with Crippen molar-refractivity contribution in [1.82, 2.24) is 15.0 Å². The van der Waals surface area contributed by atoms with Crippen LogP contribution in [0.2, 0.25) is 0 Å². The van der Waals surface area contributed by atoms with Crippen LogP contribution in [0.1, 0.15) is 5.56 Å². The van der Waals surface area contributed by atoms with Crippen LogP contribution in [-0.4, -0.2) is 15.0 Å². The van der Waals surface area contributed by atoms with Gasteiger partial charge in [0, 0.05) is 16.7 Å². The van der Waals surface area contributed by atoms with Crippen molar-refractivity contribution in [3.63, 3.8) is 0 Å². The van der Waals surface area contributed by atoms with Gasteiger partial charge in [0.25, 0.3) is 0 Å². The minimum absolute atomic E-state index is 0.581. The molecule has 0 amide bonds. The average Bonchev–Trinajstić information content (AvgIpc) is 3.32. The number of nitriles is 1. The smallest absolute Gasteiger partial charge is 0.164 e. The Bertz CT molecular complexity index is 3710. The van der Waals surface area contributed by atoms with Gasteiger partial charge in [0.15, 0.2) is 17.5 Å². The van der Waals surface area contributed by atoms with E-state index in [4.69, 9.17) is 15.0 Å². The summed E-state index contributed by atoms with van der Waals surface area (Å²) in [5.41, 5.74) is 7.50. The average molecular weight is 761 g/mol. The van der Waals surface area contributed by atoms with E-state index in [2.05, 4.69) is 158 Å². The summed E-state index contributed by atoms with van der Waals surface area (Å²) in [6.07, 6.45) is 0. The van der Waals surface area contributed by atoms with Crippen molar-refractivity contribution in [2.24, 2.45) is 0 Å². The van der Waals surface area contributed by atoms with Gasteiger partial charge in [0.2, 0.25) is 0 Å². The zero-order valence-corrected chi connectivity index (χ0v) is 32.3. The molecule has 0 aliphatic rings. The predicted molar refractivity (Wildman–Crippen MR) is 248 cm³/mol. The molecule has 11 aromatic carbocycles. The number of hydrogen-bond acceptors (Lipinski definition) is 4. The molecule has 0 fully saturated rings. The van der Waals surface area contributed by atoms with Crippen LogP contribution < -0.4 is 0 Å². The molecule has 4 nitrogen and oxygen atoms in total. The van der Waals surface area contributed by atoms with E-state index in [1.807, 2.05) is 42.5 Å². The Hall–Kier alpha value is -8.26. The molecule has 0 spiro atoms. The van der Waals surface area contributed by atoms with Gasteiger partial charge in [-0.1, -0.05) is 164 Å². The van der Waals surface area contributed by atoms with E-state index in [1.165, 1.54) is 53.9 Å². The lowest BCUT2D eigenvalue weighted by Crippen LogP contribution is -2.01. The molecular formula is C56H32N4. The first-order chi connectivity index (χ1) is 29.7. The predicted octanol–water partition coefficient (Wildman–Crippen LogP) is 14.4. The normalized spacial score (nSPS) is 11.7. The van der Waals surface area contributed by atoms with Gasteiger partial charge in [-0.25, -0.2) is 15.0 Å². The Morgan fingerprint density at radius 2 is 0.800 bits per heavy atom. The molecule has 4 heteroatoms. The lowest BCUT2D eigenvalue weighted by atomic mass is 9.87. The van der Waals surface area contributed by atoms with Gasteiger partial charge < -0.3 is 0 Å². The minimum atomic E-state index is 0.581. The molecule has 1 heterocycles. The maximum atomic E-state index is 9.43. The lowest BCUT2D eigenvalue weighted by molar-refractivity contribution is 1.08. The van der Waals surface area contributed by atoms with E-state index in [-0.39, 0.29) is 0 Å². The highest BCUT2D eigenvalue weighted by Crippen LogP contribution is 2.44. The van der Waals surface area contributed by atoms with E-state index in [9.17, 15) is 5.26 Å². The number of fused-ring (bicyclic) bond motifs is 2. The topological polar surface area (TPSA) is 62.5 Å². The van der Waals surface area contributed by atoms with Crippen molar-refractivity contribution in [2.45, 2.75) is 0 Å². The molecule has 0 saturated heterocycles. The highest BCUT2D eigenvalue weighted by atomic mass is 15.0. The van der Waals surface area contributed by atoms with Crippen molar-refractivity contribution in [2.75, 3.05) is 0 Å². The summed E-state index contributed by atoms with van der Waals surface area (Å²) in [7, 11) is 0. The summed E-state index contributed by atoms with van der Waals surface area (Å²) in [4.78, 5) is 15.9. The number of benzene rings is 10. The Balaban J connectivity index is 1.17. The molecular weight excluding hydrogens is 729 g/mol. The molecule has 276 valence electrons. The second kappa shape index (κ2) is 13.4. The van der Waals surface area contributed by atoms with Crippen LogP contribution in [0, 0.1) is 11.3 Å². The monoisotopic (exact) mass is 760 g/mol. The van der Waals surface area contributed by atoms with Crippen LogP contribution in [0.15, 0.2) is 194 Å². The maximum Gasteiger partial charge on any atom is 0.164 e. The Morgan fingerprint density at radius 1 is 0.300 bits per heavy atom. The summed E-state index contributed by atoms with van der Waals surface area (Å²) in [5, 5.41) is 24.1. The summed E-state index contributed by atoms with van der Waals surface area (Å²) >= 11 is 0. The number of aromatic nitrogens is 3. The molecule has 0 aliphatic carbocycles. The van der Waals surface area contributed by atoms with Gasteiger partial charge in [-0.05, 0) is 117 Å². The van der Waals surface area contributed by atoms with Crippen LogP contribution >= 0.6 is 0 Å². The highest BCUT2D eigenvalue weighted by molar-refractivity contribution is 6.37. The SMILES string of the molecule is N#Cc1ccc(-c2cccc(-c3nc(-c4cc5ccc6cccc7c8cccc9ccc%10cccc(c(c4)c5c67)c%10c98)nc(-c4ccccc4-c4ccccc4)n3)c2)cc1. The first-order valence-corrected chi connectivity index (χ1v) is 20.2. The Kier molecular flexibility index (Phi) is 7.57. The molecule has 12 rings (SSSR count). The van der Waals surface area contributed by atoms with E-state index in [0.717, 1.165) is 49.7 Å². The zero-order valence-electron chi connectivity index (χ0n) is 32.3. The molecule has 0 unspecified atom stereocenters. The van der Waals surface area contributed by atoms with Gasteiger partial charge in [-0.3, -0.25) is 0 Å². The summed E-state index contributed by atoms with van der Waals surface area (Å²) in [6, 6.07) is 70.6. The lowest BCUT2D eigenvalue weighted by Gasteiger charge is -2.17. The number of nitrogens with zero attached hydrogens (tertiary/aromatic N) is 4. The van der Waals surface area contributed by atoms with E-state index >= 15 is 0 Å². The number of rotatable bonds is 5. The molecule has 60 heavy (non-hydrogen) atoms.